The van der Waals surface area contributed by atoms with Gasteiger partial charge < -0.3 is 5.11 Å². The average molecular weight is 220 g/mol. The number of aryl methyl sites for hydroxylation is 1. The minimum absolute atomic E-state index is 0.0127. The summed E-state index contributed by atoms with van der Waals surface area (Å²) in [5, 5.41) is 10.5. The molecule has 76 valence electrons. The molecular weight excluding hydrogens is 212 g/mol. The van der Waals surface area contributed by atoms with Crippen molar-refractivity contribution in [2.75, 3.05) is 0 Å². The fourth-order valence-corrected chi connectivity index (χ4v) is 2.41. The Kier molecular flexibility index (Phi) is 2.21. The summed E-state index contributed by atoms with van der Waals surface area (Å²) < 4.78 is 1.80. The molecule has 0 saturated carbocycles. The number of carboxylic acids is 1. The van der Waals surface area contributed by atoms with Crippen molar-refractivity contribution in [3.63, 3.8) is 0 Å². The van der Waals surface area contributed by atoms with E-state index in [2.05, 4.69) is 10.9 Å². The van der Waals surface area contributed by atoms with Crippen molar-refractivity contribution < 1.29 is 9.90 Å². The Morgan fingerprint density at radius 2 is 2.53 bits per heavy atom. The van der Waals surface area contributed by atoms with E-state index >= 15 is 0 Å². The third kappa shape index (κ3) is 1.49. The average Bonchev–Trinajstić information content (AvgIpc) is 2.68. The number of nitrogens with zero attached hydrogens (tertiary/aromatic N) is 2. The Bertz CT molecular complexity index is 574. The van der Waals surface area contributed by atoms with Crippen LogP contribution in [0.2, 0.25) is 0 Å². The molecule has 0 bridgehead atoms. The van der Waals surface area contributed by atoms with E-state index in [1.54, 1.807) is 9.78 Å². The van der Waals surface area contributed by atoms with Crippen molar-refractivity contribution in [3.8, 4) is 12.3 Å². The topological polar surface area (TPSA) is 54.6 Å². The maximum Gasteiger partial charge on any atom is 0.309 e. The summed E-state index contributed by atoms with van der Waals surface area (Å²) in [5.41, 5.74) is 2.12. The van der Waals surface area contributed by atoms with Gasteiger partial charge >= 0.3 is 5.97 Å². The Labute approximate surface area is 90.2 Å². The third-order valence-corrected chi connectivity index (χ3v) is 3.01. The fourth-order valence-electron chi connectivity index (χ4n) is 1.48. The first-order valence-electron chi connectivity index (χ1n) is 4.27. The van der Waals surface area contributed by atoms with E-state index in [1.165, 1.54) is 11.3 Å². The minimum Gasteiger partial charge on any atom is -0.481 e. The number of carboxylic acid groups (broad SMARTS) is 1. The third-order valence-electron chi connectivity index (χ3n) is 2.13. The number of aromatic nitrogens is 2. The highest BCUT2D eigenvalue weighted by Gasteiger charge is 2.13. The van der Waals surface area contributed by atoms with Crippen molar-refractivity contribution >= 4 is 22.3 Å². The molecule has 0 aliphatic rings. The summed E-state index contributed by atoms with van der Waals surface area (Å²) in [4.78, 5) is 15.6. The van der Waals surface area contributed by atoms with Crippen LogP contribution in [-0.2, 0) is 11.2 Å². The lowest BCUT2D eigenvalue weighted by molar-refractivity contribution is -0.136. The molecule has 0 atom stereocenters. The van der Waals surface area contributed by atoms with Gasteiger partial charge in [0.25, 0.3) is 0 Å². The second-order valence-electron chi connectivity index (χ2n) is 3.11. The lowest BCUT2D eigenvalue weighted by atomic mass is 10.3. The summed E-state index contributed by atoms with van der Waals surface area (Å²) in [6.45, 7) is 1.84. The van der Waals surface area contributed by atoms with Crippen LogP contribution in [0.1, 0.15) is 17.1 Å². The van der Waals surface area contributed by atoms with Crippen molar-refractivity contribution in [2.45, 2.75) is 13.3 Å². The van der Waals surface area contributed by atoms with Crippen LogP contribution in [0.15, 0.2) is 5.38 Å². The number of hydrogen-bond donors (Lipinski definition) is 1. The zero-order valence-electron chi connectivity index (χ0n) is 8.02. The van der Waals surface area contributed by atoms with Gasteiger partial charge in [0, 0.05) is 11.1 Å². The quantitative estimate of drug-likeness (QED) is 0.776. The highest BCUT2D eigenvalue weighted by Crippen LogP contribution is 2.20. The molecule has 5 heteroatoms. The van der Waals surface area contributed by atoms with Gasteiger partial charge in [-0.05, 0) is 12.8 Å². The molecule has 0 aliphatic heterocycles. The van der Waals surface area contributed by atoms with E-state index in [-0.39, 0.29) is 6.42 Å². The highest BCUT2D eigenvalue weighted by molar-refractivity contribution is 7.15. The predicted molar refractivity (Wildman–Crippen MR) is 57.1 cm³/mol. The molecule has 0 saturated heterocycles. The summed E-state index contributed by atoms with van der Waals surface area (Å²) in [6, 6.07) is 0. The Balaban J connectivity index is 2.63. The lowest BCUT2D eigenvalue weighted by Crippen LogP contribution is -2.03. The van der Waals surface area contributed by atoms with E-state index in [0.29, 0.717) is 11.4 Å². The Morgan fingerprint density at radius 3 is 3.13 bits per heavy atom. The minimum atomic E-state index is -0.856. The van der Waals surface area contributed by atoms with Crippen molar-refractivity contribution in [3.05, 3.63) is 22.5 Å². The molecule has 0 unspecified atom stereocenters. The normalized spacial score (nSPS) is 10.4. The van der Waals surface area contributed by atoms with E-state index in [0.717, 1.165) is 10.7 Å². The standard InChI is InChI=1S/C10H8N2O2S/c1-3-8-6(2)12-7(4-9(13)14)5-15-10(12)11-8/h1,5H,4H2,2H3,(H,13,14). The zero-order chi connectivity index (χ0) is 11.0. The molecule has 0 radical (unpaired) electrons. The lowest BCUT2D eigenvalue weighted by Gasteiger charge is -1.96. The molecule has 2 heterocycles. The number of fused-ring (bicyclic) bond motifs is 1. The van der Waals surface area contributed by atoms with E-state index < -0.39 is 5.97 Å². The second kappa shape index (κ2) is 3.41. The van der Waals surface area contributed by atoms with Crippen LogP contribution in [0.3, 0.4) is 0 Å². The molecule has 0 fully saturated rings. The molecule has 2 rings (SSSR count). The number of imidazole rings is 1. The van der Waals surface area contributed by atoms with E-state index in [9.17, 15) is 4.79 Å². The van der Waals surface area contributed by atoms with Crippen LogP contribution < -0.4 is 0 Å². The van der Waals surface area contributed by atoms with E-state index in [1.807, 2.05) is 6.92 Å². The van der Waals surface area contributed by atoms with E-state index in [4.69, 9.17) is 11.5 Å². The van der Waals surface area contributed by atoms with Crippen molar-refractivity contribution in [1.29, 1.82) is 0 Å². The first kappa shape index (κ1) is 9.74. The Morgan fingerprint density at radius 1 is 1.80 bits per heavy atom. The Hall–Kier alpha value is -1.80. The van der Waals surface area contributed by atoms with Crippen LogP contribution in [0.5, 0.6) is 0 Å². The van der Waals surface area contributed by atoms with Crippen LogP contribution in [0.25, 0.3) is 4.96 Å². The van der Waals surface area contributed by atoms with Crippen LogP contribution in [0, 0.1) is 19.3 Å². The van der Waals surface area contributed by atoms with Gasteiger partial charge in [-0.1, -0.05) is 0 Å². The van der Waals surface area contributed by atoms with Gasteiger partial charge in [-0.25, -0.2) is 4.98 Å². The number of terminal acetylenes is 1. The number of hydrogen-bond acceptors (Lipinski definition) is 3. The molecule has 15 heavy (non-hydrogen) atoms. The maximum atomic E-state index is 10.6. The monoisotopic (exact) mass is 220 g/mol. The number of rotatable bonds is 2. The highest BCUT2D eigenvalue weighted by atomic mass is 32.1. The molecule has 0 aromatic carbocycles. The summed E-state index contributed by atoms with van der Waals surface area (Å²) in [7, 11) is 0. The smallest absolute Gasteiger partial charge is 0.309 e. The zero-order valence-corrected chi connectivity index (χ0v) is 8.84. The van der Waals surface area contributed by atoms with Crippen molar-refractivity contribution in [2.24, 2.45) is 0 Å². The van der Waals surface area contributed by atoms with Gasteiger partial charge in [-0.3, -0.25) is 9.20 Å². The van der Waals surface area contributed by atoms with Crippen LogP contribution >= 0.6 is 11.3 Å². The van der Waals surface area contributed by atoms with Gasteiger partial charge in [0.05, 0.1) is 12.1 Å². The van der Waals surface area contributed by atoms with Crippen LogP contribution in [0.4, 0.5) is 0 Å². The molecular formula is C10H8N2O2S. The molecule has 0 spiro atoms. The predicted octanol–water partition coefficient (Wildman–Crippen LogP) is 1.31. The summed E-state index contributed by atoms with van der Waals surface area (Å²) in [5.74, 6) is 1.62. The van der Waals surface area contributed by atoms with Crippen LogP contribution in [-0.4, -0.2) is 20.5 Å². The molecule has 0 aliphatic carbocycles. The van der Waals surface area contributed by atoms with Gasteiger partial charge in [0.15, 0.2) is 4.96 Å². The molecule has 4 nitrogen and oxygen atoms in total. The van der Waals surface area contributed by atoms with Gasteiger partial charge in [0.2, 0.25) is 0 Å². The summed E-state index contributed by atoms with van der Waals surface area (Å²) in [6.07, 6.45) is 5.27. The number of carbonyl (C=O) groups is 1. The first-order chi connectivity index (χ1) is 7.13. The molecule has 2 aromatic heterocycles. The van der Waals surface area contributed by atoms with Gasteiger partial charge in [-0.15, -0.1) is 17.8 Å². The molecule has 1 N–H and O–H groups in total. The summed E-state index contributed by atoms with van der Waals surface area (Å²) >= 11 is 1.40. The molecule has 0 amide bonds. The maximum absolute atomic E-state index is 10.6. The fraction of sp³-hybridized carbons (Fsp3) is 0.200. The number of thiazole rings is 1. The molecule has 2 aromatic rings. The van der Waals surface area contributed by atoms with Crippen molar-refractivity contribution in [1.82, 2.24) is 9.38 Å². The second-order valence-corrected chi connectivity index (χ2v) is 3.94. The largest absolute Gasteiger partial charge is 0.481 e. The SMILES string of the molecule is C#Cc1nc2scc(CC(=O)O)n2c1C. The first-order valence-corrected chi connectivity index (χ1v) is 5.15. The van der Waals surface area contributed by atoms with Gasteiger partial charge in [0.1, 0.15) is 5.69 Å². The van der Waals surface area contributed by atoms with Gasteiger partial charge in [-0.2, -0.15) is 0 Å². The number of aliphatic carboxylic acids is 1.